The minimum absolute atomic E-state index is 0. The van der Waals surface area contributed by atoms with Crippen LogP contribution in [0.1, 0.15) is 105 Å². The Morgan fingerprint density at radius 1 is 0.534 bits per heavy atom. The zero-order valence-corrected chi connectivity index (χ0v) is 40.0. The van der Waals surface area contributed by atoms with E-state index in [0.29, 0.717) is 34.4 Å². The van der Waals surface area contributed by atoms with E-state index in [0.717, 1.165) is 22.3 Å². The fraction of sp³-hybridized carbons (Fsp3) is 0.320. The van der Waals surface area contributed by atoms with Crippen molar-refractivity contribution in [2.45, 2.75) is 105 Å². The van der Waals surface area contributed by atoms with E-state index in [1.165, 1.54) is 0 Å². The van der Waals surface area contributed by atoms with Crippen molar-refractivity contribution < 1.29 is 51.6 Å². The summed E-state index contributed by atoms with van der Waals surface area (Å²) < 4.78 is 15.9. The van der Waals surface area contributed by atoms with Crippen LogP contribution in [0.2, 0.25) is 0 Å². The van der Waals surface area contributed by atoms with E-state index in [1.807, 2.05) is 60.7 Å². The molecule has 0 aliphatic carbocycles. The molecule has 6 nitrogen and oxygen atoms in total. The van der Waals surface area contributed by atoms with Crippen LogP contribution in [0, 0.1) is 49.2 Å². The molecule has 0 radical (unpaired) electrons. The second kappa shape index (κ2) is 20.9. The Bertz CT molecular complexity index is 2110. The van der Waals surface area contributed by atoms with Gasteiger partial charge >= 0.3 is 0 Å². The molecule has 0 unspecified atom stereocenters. The molecule has 58 heavy (non-hydrogen) atoms. The molecule has 310 valence electrons. The van der Waals surface area contributed by atoms with Gasteiger partial charge in [0.1, 0.15) is 0 Å². The van der Waals surface area contributed by atoms with Crippen LogP contribution in [-0.4, -0.2) is 19.1 Å². The largest absolute Gasteiger partial charge is 0.669 e. The quantitative estimate of drug-likeness (QED) is 0.128. The molecule has 4 aromatic heterocycles. The predicted molar refractivity (Wildman–Crippen MR) is 225 cm³/mol. The third kappa shape index (κ3) is 14.3. The SMILES string of the molecule is CC(C)(C)c1ccnc(Oc2[c-]c(-c3[c-]cc(C(C)(C)C)c(Oc4cc(C(C)(C)C)ccn4)[c-]3)[c-]cc2C(C)(C)C)c1.[C-]#Cn1cccc1.[C-]#Cn1cccc1.[Pt].[Pt]. The van der Waals surface area contributed by atoms with Crippen LogP contribution in [0.4, 0.5) is 0 Å². The van der Waals surface area contributed by atoms with Gasteiger partial charge in [-0.15, -0.1) is 0 Å². The zero-order valence-electron chi connectivity index (χ0n) is 35.5. The van der Waals surface area contributed by atoms with Crippen molar-refractivity contribution in [3.8, 4) is 46.5 Å². The van der Waals surface area contributed by atoms with Crippen molar-refractivity contribution in [2.24, 2.45) is 0 Å². The first-order valence-electron chi connectivity index (χ1n) is 18.6. The molecule has 0 bridgehead atoms. The number of ether oxygens (including phenoxy) is 2. The fourth-order valence-corrected chi connectivity index (χ4v) is 5.29. The third-order valence-corrected chi connectivity index (χ3v) is 8.64. The Hall–Kier alpha value is -4.60. The molecule has 0 aliphatic heterocycles. The molecule has 0 fully saturated rings. The van der Waals surface area contributed by atoms with Crippen molar-refractivity contribution in [3.05, 3.63) is 157 Å². The molecule has 6 rings (SSSR count). The fourth-order valence-electron chi connectivity index (χ4n) is 5.29. The van der Waals surface area contributed by atoms with Crippen LogP contribution in [-0.2, 0) is 63.8 Å². The van der Waals surface area contributed by atoms with E-state index >= 15 is 0 Å². The first kappa shape index (κ1) is 49.5. The first-order valence-corrected chi connectivity index (χ1v) is 18.6. The summed E-state index contributed by atoms with van der Waals surface area (Å²) in [5, 5.41) is 0. The molecule has 8 heteroatoms. The standard InChI is InChI=1S/C38H44N2O2.2C6H4N.2Pt/c1-35(2,3)27-17-19-39-33(23-27)41-31-21-25(13-15-29(31)37(7,8)9)26-14-16-30(38(10,11)12)32(22-26)42-34-24-28(18-20-40-34)36(4,5)6;2*1-2-7-5-3-4-6-7;;/h15-20,23-24H,1-12H3;2*3-6H;;/q-4;2*-1;;. The van der Waals surface area contributed by atoms with E-state index in [4.69, 9.17) is 22.3 Å². The molecule has 0 saturated carbocycles. The van der Waals surface area contributed by atoms with Crippen LogP contribution in [0.3, 0.4) is 0 Å². The van der Waals surface area contributed by atoms with Crippen molar-refractivity contribution in [1.29, 1.82) is 0 Å². The summed E-state index contributed by atoms with van der Waals surface area (Å²) in [6.45, 7) is 26.0. The molecular weight excluding hydrogens is 1080 g/mol. The second-order valence-corrected chi connectivity index (χ2v) is 17.4. The Morgan fingerprint density at radius 2 is 0.862 bits per heavy atom. The number of benzene rings is 2. The Labute approximate surface area is 376 Å². The van der Waals surface area contributed by atoms with Crippen molar-refractivity contribution in [2.75, 3.05) is 0 Å². The van der Waals surface area contributed by atoms with Crippen LogP contribution in [0.5, 0.6) is 23.3 Å². The van der Waals surface area contributed by atoms with Crippen LogP contribution < -0.4 is 9.47 Å². The normalized spacial score (nSPS) is 11.1. The molecule has 4 heterocycles. The van der Waals surface area contributed by atoms with Gasteiger partial charge in [-0.3, -0.25) is 0 Å². The number of rotatable bonds is 5. The summed E-state index contributed by atoms with van der Waals surface area (Å²) in [6, 6.07) is 37.5. The van der Waals surface area contributed by atoms with Crippen LogP contribution in [0.15, 0.2) is 97.8 Å². The van der Waals surface area contributed by atoms with Gasteiger partial charge in [0.05, 0.1) is 0 Å². The summed E-state index contributed by atoms with van der Waals surface area (Å²) in [4.78, 5) is 9.01. The summed E-state index contributed by atoms with van der Waals surface area (Å²) in [7, 11) is 0. The van der Waals surface area contributed by atoms with Crippen molar-refractivity contribution in [3.63, 3.8) is 0 Å². The molecule has 0 aliphatic rings. The van der Waals surface area contributed by atoms with Gasteiger partial charge in [0.25, 0.3) is 0 Å². The van der Waals surface area contributed by atoms with Crippen LogP contribution >= 0.6 is 0 Å². The second-order valence-electron chi connectivity index (χ2n) is 17.4. The number of aromatic nitrogens is 4. The van der Waals surface area contributed by atoms with Gasteiger partial charge in [-0.1, -0.05) is 105 Å². The third-order valence-electron chi connectivity index (χ3n) is 8.64. The molecule has 0 spiro atoms. The molecule has 2 aromatic carbocycles. The van der Waals surface area contributed by atoms with Gasteiger partial charge in [0, 0.05) is 91.4 Å². The van der Waals surface area contributed by atoms with Gasteiger partial charge in [0.2, 0.25) is 11.8 Å². The Kier molecular flexibility index (Phi) is 17.8. The minimum Gasteiger partial charge on any atom is -0.669 e. The van der Waals surface area contributed by atoms with Gasteiger partial charge in [-0.25, -0.2) is 34.2 Å². The van der Waals surface area contributed by atoms with Gasteiger partial charge in [-0.05, 0) is 58.4 Å². The van der Waals surface area contributed by atoms with E-state index < -0.39 is 0 Å². The molecular formula is C50H52N4O2Pt2-6. The van der Waals surface area contributed by atoms with Crippen molar-refractivity contribution in [1.82, 2.24) is 19.1 Å². The maximum absolute atomic E-state index is 6.57. The number of hydrogen-bond donors (Lipinski definition) is 0. The molecule has 0 amide bonds. The summed E-state index contributed by atoms with van der Waals surface area (Å²) >= 11 is 0. The number of pyridine rings is 2. The average molecular weight is 1130 g/mol. The van der Waals surface area contributed by atoms with E-state index in [9.17, 15) is 0 Å². The molecule has 6 aromatic rings. The maximum atomic E-state index is 6.57. The summed E-state index contributed by atoms with van der Waals surface area (Å²) in [5.41, 5.74) is 5.22. The topological polar surface area (TPSA) is 54.1 Å². The van der Waals surface area contributed by atoms with E-state index in [2.05, 4.69) is 129 Å². The predicted octanol–water partition coefficient (Wildman–Crippen LogP) is 11.9. The zero-order chi connectivity index (χ0) is 41.3. The molecule has 0 N–H and O–H groups in total. The summed E-state index contributed by atoms with van der Waals surface area (Å²) in [6.07, 6.45) is 23.8. The Balaban J connectivity index is 0.000000607. The number of nitrogens with zero attached hydrogens (tertiary/aromatic N) is 4. The van der Waals surface area contributed by atoms with Gasteiger partial charge < -0.3 is 66.8 Å². The van der Waals surface area contributed by atoms with Crippen LogP contribution in [0.25, 0.3) is 11.1 Å². The Morgan fingerprint density at radius 3 is 1.12 bits per heavy atom. The van der Waals surface area contributed by atoms with E-state index in [1.54, 1.807) is 46.3 Å². The molecule has 0 saturated heterocycles. The maximum Gasteiger partial charge on any atom is 0.215 e. The van der Waals surface area contributed by atoms with Gasteiger partial charge in [-0.2, -0.15) is 11.1 Å². The molecule has 0 atom stereocenters. The smallest absolute Gasteiger partial charge is 0.215 e. The van der Waals surface area contributed by atoms with E-state index in [-0.39, 0.29) is 63.8 Å². The first-order chi connectivity index (χ1) is 26.2. The minimum atomic E-state index is -0.190. The summed E-state index contributed by atoms with van der Waals surface area (Å²) in [5.74, 6) is 2.29. The average Bonchev–Trinajstić information content (AvgIpc) is 3.86. The number of hydrogen-bond acceptors (Lipinski definition) is 4. The van der Waals surface area contributed by atoms with Crippen molar-refractivity contribution >= 4 is 0 Å². The van der Waals surface area contributed by atoms with Gasteiger partial charge in [0.15, 0.2) is 0 Å². The monoisotopic (exact) mass is 1130 g/mol.